The summed E-state index contributed by atoms with van der Waals surface area (Å²) < 4.78 is 14.2. The monoisotopic (exact) mass is 427 g/mol. The Balaban J connectivity index is 1.41. The van der Waals surface area contributed by atoms with Crippen LogP contribution in [0.5, 0.6) is 0 Å². The summed E-state index contributed by atoms with van der Waals surface area (Å²) in [5, 5.41) is 5.20. The standard InChI is InChI=1S/C23H26FN3O2S/c1-14(19-12-16-7-8-17(19)11-16)25-22(29)10-9-18-13-30-23(26-18)27(15(2)28)21-6-4-3-5-20(21)24/h3-6,9-10,13-14,16-17,19H,7-8,11-12H2,1-2H3,(H,25,29)/b10-9+. The van der Waals surface area contributed by atoms with Crippen molar-refractivity contribution in [3.8, 4) is 0 Å². The lowest BCUT2D eigenvalue weighted by Gasteiger charge is -2.28. The van der Waals surface area contributed by atoms with Crippen molar-refractivity contribution in [3.63, 3.8) is 0 Å². The predicted octanol–water partition coefficient (Wildman–Crippen LogP) is 4.92. The van der Waals surface area contributed by atoms with Crippen LogP contribution in [0.1, 0.15) is 45.2 Å². The number of carbonyl (C=O) groups is 2. The van der Waals surface area contributed by atoms with Gasteiger partial charge in [-0.3, -0.25) is 14.5 Å². The van der Waals surface area contributed by atoms with Gasteiger partial charge in [0.2, 0.25) is 11.8 Å². The lowest BCUT2D eigenvalue weighted by molar-refractivity contribution is -0.117. The molecule has 1 aromatic carbocycles. The van der Waals surface area contributed by atoms with E-state index >= 15 is 0 Å². The van der Waals surface area contributed by atoms with Gasteiger partial charge in [-0.25, -0.2) is 9.37 Å². The van der Waals surface area contributed by atoms with Gasteiger partial charge in [0.25, 0.3) is 0 Å². The van der Waals surface area contributed by atoms with Gasteiger partial charge in [-0.2, -0.15) is 0 Å². The minimum absolute atomic E-state index is 0.141. The lowest BCUT2D eigenvalue weighted by Crippen LogP contribution is -2.39. The molecule has 4 rings (SSSR count). The molecule has 0 saturated heterocycles. The zero-order valence-corrected chi connectivity index (χ0v) is 18.0. The number of thiazole rings is 1. The molecule has 2 aliphatic rings. The molecule has 1 N–H and O–H groups in total. The van der Waals surface area contributed by atoms with Crippen LogP contribution in [-0.2, 0) is 9.59 Å². The number of halogens is 1. The third-order valence-corrected chi connectivity index (χ3v) is 7.16. The Labute approximate surface area is 180 Å². The predicted molar refractivity (Wildman–Crippen MR) is 117 cm³/mol. The topological polar surface area (TPSA) is 62.3 Å². The van der Waals surface area contributed by atoms with Gasteiger partial charge in [0.15, 0.2) is 5.13 Å². The fraction of sp³-hybridized carbons (Fsp3) is 0.435. The van der Waals surface area contributed by atoms with E-state index < -0.39 is 5.82 Å². The van der Waals surface area contributed by atoms with Crippen LogP contribution in [0.25, 0.3) is 6.08 Å². The number of nitrogens with zero attached hydrogens (tertiary/aromatic N) is 2. The Hall–Kier alpha value is -2.54. The number of hydrogen-bond acceptors (Lipinski definition) is 4. The van der Waals surface area contributed by atoms with Crippen LogP contribution in [0.4, 0.5) is 15.2 Å². The average Bonchev–Trinajstić information content (AvgIpc) is 3.45. The van der Waals surface area contributed by atoms with Crippen LogP contribution in [0.3, 0.4) is 0 Å². The molecule has 4 unspecified atom stereocenters. The largest absolute Gasteiger partial charge is 0.350 e. The number of rotatable bonds is 6. The first-order valence-electron chi connectivity index (χ1n) is 10.4. The Morgan fingerprint density at radius 1 is 1.30 bits per heavy atom. The lowest BCUT2D eigenvalue weighted by atomic mass is 9.84. The summed E-state index contributed by atoms with van der Waals surface area (Å²) in [6.07, 6.45) is 8.28. The second kappa shape index (κ2) is 8.68. The summed E-state index contributed by atoms with van der Waals surface area (Å²) in [5.41, 5.74) is 0.715. The van der Waals surface area contributed by atoms with E-state index in [1.165, 1.54) is 67.1 Å². The molecule has 1 heterocycles. The van der Waals surface area contributed by atoms with Crippen LogP contribution in [0, 0.1) is 23.6 Å². The molecule has 1 aromatic heterocycles. The molecule has 2 aromatic rings. The molecular weight excluding hydrogens is 401 g/mol. The molecule has 2 amide bonds. The van der Waals surface area contributed by atoms with Crippen molar-refractivity contribution < 1.29 is 14.0 Å². The Kier molecular flexibility index (Phi) is 5.99. The number of carbonyl (C=O) groups excluding carboxylic acids is 2. The minimum Gasteiger partial charge on any atom is -0.350 e. The molecule has 7 heteroatoms. The Morgan fingerprint density at radius 3 is 2.77 bits per heavy atom. The van der Waals surface area contributed by atoms with E-state index in [-0.39, 0.29) is 23.5 Å². The van der Waals surface area contributed by atoms with Gasteiger partial charge in [-0.05, 0) is 62.1 Å². The summed E-state index contributed by atoms with van der Waals surface area (Å²) >= 11 is 1.23. The molecule has 0 spiro atoms. The fourth-order valence-electron chi connectivity index (χ4n) is 4.94. The van der Waals surface area contributed by atoms with E-state index in [1.807, 2.05) is 0 Å². The highest BCUT2D eigenvalue weighted by Gasteiger charge is 2.41. The van der Waals surface area contributed by atoms with Crippen molar-refractivity contribution in [3.05, 3.63) is 47.2 Å². The van der Waals surface area contributed by atoms with E-state index in [9.17, 15) is 14.0 Å². The van der Waals surface area contributed by atoms with E-state index in [0.29, 0.717) is 16.7 Å². The van der Waals surface area contributed by atoms with Crippen LogP contribution in [-0.4, -0.2) is 22.8 Å². The summed E-state index contributed by atoms with van der Waals surface area (Å²) in [5.74, 6) is 1.22. The first kappa shape index (κ1) is 20.7. The Morgan fingerprint density at radius 2 is 2.10 bits per heavy atom. The summed E-state index contributed by atoms with van der Waals surface area (Å²) in [6.45, 7) is 3.46. The Bertz CT molecular complexity index is 973. The minimum atomic E-state index is -0.492. The maximum absolute atomic E-state index is 14.2. The van der Waals surface area contributed by atoms with Gasteiger partial charge in [-0.1, -0.05) is 18.6 Å². The van der Waals surface area contributed by atoms with Crippen LogP contribution >= 0.6 is 11.3 Å². The average molecular weight is 428 g/mol. The van der Waals surface area contributed by atoms with Crippen molar-refractivity contribution in [1.29, 1.82) is 0 Å². The zero-order valence-electron chi connectivity index (χ0n) is 17.2. The smallest absolute Gasteiger partial charge is 0.244 e. The van der Waals surface area contributed by atoms with Crippen molar-refractivity contribution in [2.45, 2.75) is 45.6 Å². The highest BCUT2D eigenvalue weighted by Crippen LogP contribution is 2.49. The van der Waals surface area contributed by atoms with Gasteiger partial charge in [0, 0.05) is 24.4 Å². The van der Waals surface area contributed by atoms with Gasteiger partial charge in [0.05, 0.1) is 11.4 Å². The first-order valence-corrected chi connectivity index (χ1v) is 11.3. The zero-order chi connectivity index (χ0) is 21.3. The molecular formula is C23H26FN3O2S. The van der Waals surface area contributed by atoms with Crippen molar-refractivity contribution in [2.75, 3.05) is 4.90 Å². The third-order valence-electron chi connectivity index (χ3n) is 6.32. The second-order valence-electron chi connectivity index (χ2n) is 8.33. The molecule has 5 nitrogen and oxygen atoms in total. The molecule has 4 atom stereocenters. The SMILES string of the molecule is CC(=O)N(c1nc(/C=C/C(=O)NC(C)C2CC3CCC2C3)cs1)c1ccccc1F. The second-order valence-corrected chi connectivity index (χ2v) is 9.17. The maximum Gasteiger partial charge on any atom is 0.244 e. The quantitative estimate of drug-likeness (QED) is 0.666. The van der Waals surface area contributed by atoms with Crippen molar-refractivity contribution in [1.82, 2.24) is 10.3 Å². The number of fused-ring (bicyclic) bond motifs is 2. The number of anilines is 2. The number of nitrogens with one attached hydrogen (secondary N) is 1. The fourth-order valence-corrected chi connectivity index (χ4v) is 5.79. The molecule has 2 aliphatic carbocycles. The van der Waals surface area contributed by atoms with Crippen LogP contribution in [0.15, 0.2) is 35.7 Å². The molecule has 158 valence electrons. The normalized spacial score (nSPS) is 23.6. The van der Waals surface area contributed by atoms with E-state index in [0.717, 1.165) is 11.8 Å². The van der Waals surface area contributed by atoms with Crippen LogP contribution in [0.2, 0.25) is 0 Å². The highest BCUT2D eigenvalue weighted by atomic mass is 32.1. The molecule has 2 saturated carbocycles. The summed E-state index contributed by atoms with van der Waals surface area (Å²) in [4.78, 5) is 30.1. The number of benzene rings is 1. The molecule has 2 bridgehead atoms. The van der Waals surface area contributed by atoms with E-state index in [1.54, 1.807) is 23.6 Å². The van der Waals surface area contributed by atoms with Crippen LogP contribution < -0.4 is 10.2 Å². The van der Waals surface area contributed by atoms with Gasteiger partial charge >= 0.3 is 0 Å². The molecule has 0 aliphatic heterocycles. The van der Waals surface area contributed by atoms with Gasteiger partial charge < -0.3 is 5.32 Å². The molecule has 2 fully saturated rings. The number of amides is 2. The van der Waals surface area contributed by atoms with Gasteiger partial charge in [0.1, 0.15) is 5.82 Å². The highest BCUT2D eigenvalue weighted by molar-refractivity contribution is 7.14. The number of hydrogen-bond donors (Lipinski definition) is 1. The summed E-state index contributed by atoms with van der Waals surface area (Å²) in [7, 11) is 0. The first-order chi connectivity index (χ1) is 14.4. The molecule has 30 heavy (non-hydrogen) atoms. The number of para-hydroxylation sites is 1. The maximum atomic E-state index is 14.2. The third kappa shape index (κ3) is 4.31. The molecule has 0 radical (unpaired) electrons. The van der Waals surface area contributed by atoms with E-state index in [2.05, 4.69) is 17.2 Å². The number of aromatic nitrogens is 1. The van der Waals surface area contributed by atoms with Crippen molar-refractivity contribution >= 4 is 40.0 Å². The van der Waals surface area contributed by atoms with Gasteiger partial charge in [-0.15, -0.1) is 11.3 Å². The van der Waals surface area contributed by atoms with Crippen molar-refractivity contribution in [2.24, 2.45) is 17.8 Å². The van der Waals surface area contributed by atoms with E-state index in [4.69, 9.17) is 0 Å². The summed E-state index contributed by atoms with van der Waals surface area (Å²) in [6, 6.07) is 6.26.